The molecule has 2 aliphatic heterocycles. The second kappa shape index (κ2) is 59.1. The summed E-state index contributed by atoms with van der Waals surface area (Å²) in [5.74, 6) is 9.39. The molecule has 7 rings (SSSR count). The molecule has 2 saturated heterocycles. The molecule has 112 heavy (non-hydrogen) atoms. The number of ether oxygens (including phenoxy) is 1. The number of nitrogens with two attached hydrogens (primary N) is 1. The van der Waals surface area contributed by atoms with Gasteiger partial charge in [-0.3, -0.25) is 60.4 Å². The Labute approximate surface area is 699 Å². The monoisotopic (exact) mass is 1730 g/mol. The zero-order valence-electron chi connectivity index (χ0n) is 67.1. The lowest BCUT2D eigenvalue weighted by Gasteiger charge is -2.25. The fraction of sp³-hybridized carbons (Fsp3) is 0.583. The van der Waals surface area contributed by atoms with Crippen LogP contribution in [0.25, 0.3) is 0 Å². The number of likely N-dealkylation sites (tertiary alicyclic amines) is 2. The maximum absolute atomic E-state index is 10.4. The Bertz CT molecular complexity index is 3650. The Morgan fingerprint density at radius 1 is 0.491 bits per heavy atom. The molecule has 0 amide bonds. The molecule has 0 bridgehead atoms. The van der Waals surface area contributed by atoms with Gasteiger partial charge < -0.3 is 72.6 Å². The van der Waals surface area contributed by atoms with E-state index < -0.39 is 24.6 Å². The summed E-state index contributed by atoms with van der Waals surface area (Å²) in [5, 5.41) is 83.8. The van der Waals surface area contributed by atoms with E-state index in [4.69, 9.17) is 10.5 Å². The van der Waals surface area contributed by atoms with Crippen LogP contribution in [0.3, 0.4) is 0 Å². The molecule has 628 valence electrons. The number of rotatable bonds is 49. The molecule has 10 N–H and O–H groups in total. The van der Waals surface area contributed by atoms with Gasteiger partial charge in [0.15, 0.2) is 29.1 Å². The molecule has 7 heterocycles. The van der Waals surface area contributed by atoms with E-state index in [1.54, 1.807) is 74.6 Å². The fourth-order valence-electron chi connectivity index (χ4n) is 10.4. The van der Waals surface area contributed by atoms with Gasteiger partial charge in [-0.2, -0.15) is 47.0 Å². The predicted molar refractivity (Wildman–Crippen MR) is 471 cm³/mol. The average molecular weight is 1730 g/mol. The SMILES string of the molecule is CN(C)Cc1cc(CSCCN(C)C(N)=C[N+](=O)[O-])cs1.CNC(=C[N+](=O)[O-])NCC(C)OCc1csc(CN(C)C)c1.CNC(=C[N+](=O)[O-])NCCSCc1cc(C)c(CN(C)C)s1.CNC(=C[N+](=O)[O-])NCCSCc1csc(CN2CCCC2)c1.CNC(=C[N+](=O)[O-])NCCSCc1csc(CN2CCCCC2)c1. The van der Waals surface area contributed by atoms with Crippen molar-refractivity contribution < 1.29 is 29.4 Å². The highest BCUT2D eigenvalue weighted by Crippen LogP contribution is 2.28. The number of aryl methyl sites for hydroxylation is 1. The Balaban J connectivity index is 0.000000363. The highest BCUT2D eigenvalue weighted by molar-refractivity contribution is 7.99. The molecule has 2 fully saturated rings. The van der Waals surface area contributed by atoms with Crippen molar-refractivity contribution >= 4 is 104 Å². The van der Waals surface area contributed by atoms with Crippen LogP contribution in [0.5, 0.6) is 0 Å². The van der Waals surface area contributed by atoms with E-state index in [2.05, 4.69) is 154 Å². The Kier molecular flexibility index (Phi) is 52.5. The normalized spacial score (nSPS) is 13.8. The third-order valence-electron chi connectivity index (χ3n) is 15.8. The van der Waals surface area contributed by atoms with Crippen molar-refractivity contribution in [1.82, 2.24) is 71.9 Å². The van der Waals surface area contributed by atoms with Crippen LogP contribution in [0.1, 0.15) is 96.1 Å². The maximum atomic E-state index is 10.4. The van der Waals surface area contributed by atoms with E-state index in [1.165, 1.54) is 110 Å². The van der Waals surface area contributed by atoms with Gasteiger partial charge in [-0.1, -0.05) is 6.42 Å². The zero-order chi connectivity index (χ0) is 82.6. The van der Waals surface area contributed by atoms with Crippen LogP contribution < -0.4 is 48.3 Å². The van der Waals surface area contributed by atoms with Crippen LogP contribution in [0.4, 0.5) is 0 Å². The van der Waals surface area contributed by atoms with Crippen molar-refractivity contribution in [3.8, 4) is 0 Å². The molecular weight excluding hydrogens is 1610 g/mol. The molecular formula is C72H120N20O11S9. The lowest BCUT2D eigenvalue weighted by atomic mass is 10.1. The summed E-state index contributed by atoms with van der Waals surface area (Å²) in [6, 6.07) is 11.3. The first-order valence-corrected chi connectivity index (χ1v) is 45.5. The van der Waals surface area contributed by atoms with Crippen LogP contribution in [-0.2, 0) is 67.1 Å². The first kappa shape index (κ1) is 99.6. The summed E-state index contributed by atoms with van der Waals surface area (Å²) < 4.78 is 5.75. The van der Waals surface area contributed by atoms with Gasteiger partial charge in [-0.05, 0) is 188 Å². The third kappa shape index (κ3) is 48.5. The molecule has 0 spiro atoms. The molecule has 5 aromatic rings. The van der Waals surface area contributed by atoms with Crippen molar-refractivity contribution in [2.45, 2.75) is 114 Å². The van der Waals surface area contributed by atoms with E-state index in [9.17, 15) is 50.6 Å². The van der Waals surface area contributed by atoms with E-state index in [0.29, 0.717) is 62.6 Å². The van der Waals surface area contributed by atoms with Gasteiger partial charge in [0.1, 0.15) is 0 Å². The van der Waals surface area contributed by atoms with Crippen molar-refractivity contribution in [3.63, 3.8) is 0 Å². The van der Waals surface area contributed by atoms with Gasteiger partial charge in [0, 0.05) is 176 Å². The predicted octanol–water partition coefficient (Wildman–Crippen LogP) is 11.2. The van der Waals surface area contributed by atoms with Crippen LogP contribution >= 0.6 is 104 Å². The molecule has 0 radical (unpaired) electrons. The third-order valence-corrected chi connectivity index (χ3v) is 25.2. The summed E-state index contributed by atoms with van der Waals surface area (Å²) in [6.45, 7) is 17.9. The Morgan fingerprint density at radius 2 is 0.848 bits per heavy atom. The second-order valence-corrected chi connectivity index (χ2v) is 36.2. The van der Waals surface area contributed by atoms with Crippen LogP contribution in [-0.4, -0.2) is 220 Å². The molecule has 1 unspecified atom stereocenters. The van der Waals surface area contributed by atoms with Crippen molar-refractivity contribution in [2.24, 2.45) is 5.73 Å². The zero-order valence-corrected chi connectivity index (χ0v) is 74.5. The topological polar surface area (TPSA) is 367 Å². The summed E-state index contributed by atoms with van der Waals surface area (Å²) in [7, 11) is 20.8. The molecule has 40 heteroatoms. The van der Waals surface area contributed by atoms with Crippen molar-refractivity contribution in [3.05, 3.63) is 220 Å². The molecule has 1 atom stereocenters. The Morgan fingerprint density at radius 3 is 1.25 bits per heavy atom. The molecule has 0 aromatic carbocycles. The molecule has 0 saturated carbocycles. The lowest BCUT2D eigenvalue weighted by molar-refractivity contribution is -0.404. The lowest BCUT2D eigenvalue weighted by Crippen LogP contribution is -2.31. The van der Waals surface area contributed by atoms with Gasteiger partial charge >= 0.3 is 0 Å². The second-order valence-electron chi connectivity index (χ2n) is 26.6. The van der Waals surface area contributed by atoms with Gasteiger partial charge in [-0.25, -0.2) is 0 Å². The minimum absolute atomic E-state index is 0.0549. The smallest absolute Gasteiger partial charge is 0.274 e. The minimum Gasteiger partial charge on any atom is -0.380 e. The van der Waals surface area contributed by atoms with Crippen LogP contribution in [0, 0.1) is 57.5 Å². The van der Waals surface area contributed by atoms with Gasteiger partial charge in [0.25, 0.3) is 31.0 Å². The first-order chi connectivity index (χ1) is 53.5. The average Bonchev–Trinajstić information content (AvgIpc) is 1.74. The number of nitrogens with one attached hydrogen (secondary N) is 8. The number of nitrogens with zero attached hydrogens (tertiary/aromatic N) is 11. The highest BCUT2D eigenvalue weighted by Gasteiger charge is 2.16. The van der Waals surface area contributed by atoms with Crippen molar-refractivity contribution in [2.75, 3.05) is 159 Å². The molecule has 0 aliphatic carbocycles. The van der Waals surface area contributed by atoms with E-state index in [-0.39, 0.29) is 11.9 Å². The summed E-state index contributed by atoms with van der Waals surface area (Å²) in [5.41, 5.74) is 12.2. The van der Waals surface area contributed by atoms with E-state index in [0.717, 1.165) is 115 Å². The number of thioether (sulfide) groups is 4. The number of nitro groups is 5. The minimum atomic E-state index is -0.531. The molecule has 31 nitrogen and oxygen atoms in total. The quantitative estimate of drug-likeness (QED) is 0.00992. The number of piperidine rings is 1. The van der Waals surface area contributed by atoms with E-state index in [1.807, 2.05) is 90.3 Å². The van der Waals surface area contributed by atoms with Crippen LogP contribution in [0.15, 0.2) is 112 Å². The standard InChI is InChI=1S/C16H26N4O2S2.C15H24N4O2S2.C14H24N4O3S.C14H24N4O2S2.C13H22N4O2S2/c1-17-16(11-20(21)22)18-5-8-23-12-14-9-15(24-13-14)10-19-6-3-2-4-7-19;1-16-15(10-19(20)21)17-4-7-22-11-13-8-14(23-12-13)9-18-5-2-3-6-18;1-11(6-16-14(15-2)8-18(19)20)21-9-12-5-13(22-10-12)7-17(3)4;1-11-7-12(22-13(11)8-17(3)4)10-21-6-5-16-14(15-2)9-18(19)20;1-15(2)7-12-6-11(10-21-12)9-20-5-4-16(3)13(14)8-17(18)19/h9,11,13,17-18H,2-8,10,12H2,1H3;8,10,12,16-17H,2-7,9,11H2,1H3;5,8,10-11,15-16H,6-7,9H2,1-4H3;7,9,15-16H,5-6,8,10H2,1-4H3;6,8,10H,4-5,7,9,14H2,1-3H3. The molecule has 2 aliphatic rings. The molecule has 5 aromatic heterocycles. The first-order valence-electron chi connectivity index (χ1n) is 36.6. The van der Waals surface area contributed by atoms with Gasteiger partial charge in [0.05, 0.1) is 37.3 Å². The fourth-order valence-corrected chi connectivity index (χ4v) is 19.4. The maximum Gasteiger partial charge on any atom is 0.274 e. The number of hydrogen-bond donors (Lipinski definition) is 9. The highest BCUT2D eigenvalue weighted by atomic mass is 32.2. The van der Waals surface area contributed by atoms with Crippen LogP contribution in [0.2, 0.25) is 0 Å². The summed E-state index contributed by atoms with van der Waals surface area (Å²) in [4.78, 5) is 71.2. The van der Waals surface area contributed by atoms with E-state index >= 15 is 0 Å². The summed E-state index contributed by atoms with van der Waals surface area (Å²) >= 11 is 16.4. The van der Waals surface area contributed by atoms with Crippen molar-refractivity contribution in [1.29, 1.82) is 0 Å². The number of hydrogen-bond acceptors (Lipinski definition) is 35. The van der Waals surface area contributed by atoms with Gasteiger partial charge in [0.2, 0.25) is 0 Å². The Hall–Kier alpha value is -6.64. The number of thiophene rings is 5. The summed E-state index contributed by atoms with van der Waals surface area (Å²) in [6.07, 6.45) is 11.2. The van der Waals surface area contributed by atoms with Gasteiger partial charge in [-0.15, -0.1) is 56.7 Å². The largest absolute Gasteiger partial charge is 0.380 e.